The van der Waals surface area contributed by atoms with Crippen molar-refractivity contribution >= 4 is 11.9 Å². The minimum Gasteiger partial charge on any atom is -0.337 e. The molecule has 0 bridgehead atoms. The second kappa shape index (κ2) is 7.25. The lowest BCUT2D eigenvalue weighted by Gasteiger charge is -2.31. The molecule has 1 fully saturated rings. The van der Waals surface area contributed by atoms with E-state index in [9.17, 15) is 4.79 Å². The summed E-state index contributed by atoms with van der Waals surface area (Å²) in [6.45, 7) is 3.49. The van der Waals surface area contributed by atoms with Gasteiger partial charge in [0.1, 0.15) is 5.69 Å². The molecule has 25 heavy (non-hydrogen) atoms. The minimum absolute atomic E-state index is 0.0790. The number of amides is 1. The number of anilines is 1. The number of hydrogen-bond donors (Lipinski definition) is 0. The monoisotopic (exact) mass is 346 g/mol. The van der Waals surface area contributed by atoms with Crippen molar-refractivity contribution in [2.75, 3.05) is 32.1 Å². The SMILES string of the molecule is Cc1cc(C(=O)N2CCC(CCc3noc(N(C)C)n3)CC2)n(C)n1. The van der Waals surface area contributed by atoms with E-state index in [1.165, 1.54) is 0 Å². The predicted octanol–water partition coefficient (Wildman–Crippen LogP) is 1.66. The Hall–Kier alpha value is -2.38. The van der Waals surface area contributed by atoms with Gasteiger partial charge in [0.15, 0.2) is 5.82 Å². The van der Waals surface area contributed by atoms with Crippen LogP contribution in [0.1, 0.15) is 41.3 Å². The zero-order valence-corrected chi connectivity index (χ0v) is 15.4. The first-order chi connectivity index (χ1) is 11.9. The Morgan fingerprint density at radius 2 is 2.08 bits per heavy atom. The van der Waals surface area contributed by atoms with Crippen molar-refractivity contribution in [2.24, 2.45) is 13.0 Å². The summed E-state index contributed by atoms with van der Waals surface area (Å²) in [5.74, 6) is 1.43. The van der Waals surface area contributed by atoms with Crippen LogP contribution in [0.25, 0.3) is 0 Å². The second-order valence-corrected chi connectivity index (χ2v) is 6.96. The Kier molecular flexibility index (Phi) is 5.06. The maximum atomic E-state index is 12.6. The summed E-state index contributed by atoms with van der Waals surface area (Å²) in [5, 5.41) is 8.28. The standard InChI is InChI=1S/C17H26N6O2/c1-12-11-14(22(4)19-12)16(24)23-9-7-13(8-10-23)5-6-15-18-17(21(2)3)25-20-15/h11,13H,5-10H2,1-4H3. The third-order valence-electron chi connectivity index (χ3n) is 4.74. The van der Waals surface area contributed by atoms with Crippen molar-refractivity contribution in [3.63, 3.8) is 0 Å². The molecule has 1 aliphatic heterocycles. The number of carbonyl (C=O) groups excluding carboxylic acids is 1. The quantitative estimate of drug-likeness (QED) is 0.819. The van der Waals surface area contributed by atoms with E-state index in [1.54, 1.807) is 9.58 Å². The zero-order chi connectivity index (χ0) is 18.0. The fraction of sp³-hybridized carbons (Fsp3) is 0.647. The van der Waals surface area contributed by atoms with Gasteiger partial charge in [-0.1, -0.05) is 5.16 Å². The fourth-order valence-corrected chi connectivity index (χ4v) is 3.26. The Bertz CT molecular complexity index is 727. The maximum absolute atomic E-state index is 12.6. The van der Waals surface area contributed by atoms with Crippen LogP contribution in [0.2, 0.25) is 0 Å². The lowest BCUT2D eigenvalue weighted by molar-refractivity contribution is 0.0675. The van der Waals surface area contributed by atoms with Crippen molar-refractivity contribution in [3.05, 3.63) is 23.3 Å². The molecule has 0 aromatic carbocycles. The van der Waals surface area contributed by atoms with Gasteiger partial charge in [0.2, 0.25) is 0 Å². The molecule has 8 nitrogen and oxygen atoms in total. The highest BCUT2D eigenvalue weighted by atomic mass is 16.5. The largest absolute Gasteiger partial charge is 0.337 e. The van der Waals surface area contributed by atoms with Crippen LogP contribution >= 0.6 is 0 Å². The summed E-state index contributed by atoms with van der Waals surface area (Å²) >= 11 is 0. The molecule has 136 valence electrons. The molecule has 0 unspecified atom stereocenters. The summed E-state index contributed by atoms with van der Waals surface area (Å²) in [6.07, 6.45) is 3.87. The third kappa shape index (κ3) is 4.00. The van der Waals surface area contributed by atoms with Gasteiger partial charge < -0.3 is 14.3 Å². The molecule has 0 spiro atoms. The number of carbonyl (C=O) groups is 1. The molecule has 2 aromatic rings. The first-order valence-electron chi connectivity index (χ1n) is 8.74. The molecule has 1 amide bonds. The molecule has 0 atom stereocenters. The summed E-state index contributed by atoms with van der Waals surface area (Å²) in [7, 11) is 5.58. The van der Waals surface area contributed by atoms with E-state index in [2.05, 4.69) is 15.2 Å². The minimum atomic E-state index is 0.0790. The van der Waals surface area contributed by atoms with E-state index in [-0.39, 0.29) is 5.91 Å². The lowest BCUT2D eigenvalue weighted by Crippen LogP contribution is -2.39. The fourth-order valence-electron chi connectivity index (χ4n) is 3.26. The van der Waals surface area contributed by atoms with Crippen LogP contribution in [0.5, 0.6) is 0 Å². The van der Waals surface area contributed by atoms with Crippen LogP contribution in [0.15, 0.2) is 10.6 Å². The van der Waals surface area contributed by atoms with Crippen LogP contribution in [0.4, 0.5) is 6.01 Å². The molecule has 0 aliphatic carbocycles. The molecule has 8 heteroatoms. The average Bonchev–Trinajstić information content (AvgIpc) is 3.19. The highest BCUT2D eigenvalue weighted by Crippen LogP contribution is 2.23. The average molecular weight is 346 g/mol. The molecule has 0 saturated carbocycles. The van der Waals surface area contributed by atoms with Gasteiger partial charge in [-0.15, -0.1) is 0 Å². The van der Waals surface area contributed by atoms with Gasteiger partial charge in [-0.05, 0) is 38.2 Å². The van der Waals surface area contributed by atoms with Gasteiger partial charge in [0, 0.05) is 40.7 Å². The van der Waals surface area contributed by atoms with Gasteiger partial charge >= 0.3 is 6.01 Å². The van der Waals surface area contributed by atoms with Crippen molar-refractivity contribution in [2.45, 2.75) is 32.6 Å². The first kappa shape index (κ1) is 17.4. The number of piperidine rings is 1. The molecule has 1 aliphatic rings. The summed E-state index contributed by atoms with van der Waals surface area (Å²) in [4.78, 5) is 20.7. The molecule has 3 rings (SSSR count). The maximum Gasteiger partial charge on any atom is 0.323 e. The molecule has 0 N–H and O–H groups in total. The summed E-state index contributed by atoms with van der Waals surface area (Å²) in [6, 6.07) is 2.40. The van der Waals surface area contributed by atoms with Gasteiger partial charge in [0.25, 0.3) is 5.91 Å². The first-order valence-corrected chi connectivity index (χ1v) is 8.74. The van der Waals surface area contributed by atoms with Gasteiger partial charge in [0.05, 0.1) is 5.69 Å². The van der Waals surface area contributed by atoms with Crippen molar-refractivity contribution in [3.8, 4) is 0 Å². The van der Waals surface area contributed by atoms with Crippen molar-refractivity contribution in [1.29, 1.82) is 0 Å². The smallest absolute Gasteiger partial charge is 0.323 e. The third-order valence-corrected chi connectivity index (χ3v) is 4.74. The van der Waals surface area contributed by atoms with Crippen LogP contribution in [0, 0.1) is 12.8 Å². The number of aromatic nitrogens is 4. The van der Waals surface area contributed by atoms with E-state index in [4.69, 9.17) is 4.52 Å². The van der Waals surface area contributed by atoms with Gasteiger partial charge in [-0.25, -0.2) is 0 Å². The number of rotatable bonds is 5. The Morgan fingerprint density at radius 1 is 1.36 bits per heavy atom. The number of likely N-dealkylation sites (tertiary alicyclic amines) is 1. The molecule has 3 heterocycles. The Labute approximate surface area is 147 Å². The molecule has 2 aromatic heterocycles. The highest BCUT2D eigenvalue weighted by Gasteiger charge is 2.25. The van der Waals surface area contributed by atoms with E-state index in [0.717, 1.165) is 50.3 Å². The molecular weight excluding hydrogens is 320 g/mol. The molecule has 1 saturated heterocycles. The van der Waals surface area contributed by atoms with E-state index < -0.39 is 0 Å². The van der Waals surface area contributed by atoms with Gasteiger partial charge in [-0.2, -0.15) is 10.1 Å². The number of nitrogens with zero attached hydrogens (tertiary/aromatic N) is 6. The Balaban J connectivity index is 1.48. The van der Waals surface area contributed by atoms with Crippen molar-refractivity contribution < 1.29 is 9.32 Å². The predicted molar refractivity (Wildman–Crippen MR) is 93.5 cm³/mol. The molecular formula is C17H26N6O2. The van der Waals surface area contributed by atoms with Crippen molar-refractivity contribution in [1.82, 2.24) is 24.8 Å². The topological polar surface area (TPSA) is 80.3 Å². The van der Waals surface area contributed by atoms with Crippen LogP contribution < -0.4 is 4.90 Å². The van der Waals surface area contributed by atoms with E-state index >= 15 is 0 Å². The number of hydrogen-bond acceptors (Lipinski definition) is 6. The summed E-state index contributed by atoms with van der Waals surface area (Å²) < 4.78 is 6.85. The zero-order valence-electron chi connectivity index (χ0n) is 15.4. The normalized spacial score (nSPS) is 15.6. The molecule has 0 radical (unpaired) electrons. The van der Waals surface area contributed by atoms with E-state index in [1.807, 2.05) is 39.0 Å². The summed E-state index contributed by atoms with van der Waals surface area (Å²) in [5.41, 5.74) is 1.54. The van der Waals surface area contributed by atoms with Gasteiger partial charge in [-0.3, -0.25) is 9.48 Å². The highest BCUT2D eigenvalue weighted by molar-refractivity contribution is 5.92. The van der Waals surface area contributed by atoms with E-state index in [0.29, 0.717) is 17.6 Å². The lowest BCUT2D eigenvalue weighted by atomic mass is 9.92. The van der Waals surface area contributed by atoms with Crippen LogP contribution in [-0.2, 0) is 13.5 Å². The van der Waals surface area contributed by atoms with Crippen LogP contribution in [0.3, 0.4) is 0 Å². The van der Waals surface area contributed by atoms with Crippen LogP contribution in [-0.4, -0.2) is 57.9 Å². The number of aryl methyl sites for hydroxylation is 3. The second-order valence-electron chi connectivity index (χ2n) is 6.96. The Morgan fingerprint density at radius 3 is 2.64 bits per heavy atom.